The number of piperazine rings is 1. The number of anilines is 1. The van der Waals surface area contributed by atoms with E-state index in [0.717, 1.165) is 77.1 Å². The van der Waals surface area contributed by atoms with Gasteiger partial charge in [0, 0.05) is 63.4 Å². The van der Waals surface area contributed by atoms with E-state index in [1.165, 1.54) is 0 Å². The van der Waals surface area contributed by atoms with Gasteiger partial charge >= 0.3 is 0 Å². The van der Waals surface area contributed by atoms with Crippen molar-refractivity contribution in [3.05, 3.63) is 11.6 Å². The first-order valence-electron chi connectivity index (χ1n) is 8.68. The van der Waals surface area contributed by atoms with E-state index in [2.05, 4.69) is 19.8 Å². The summed E-state index contributed by atoms with van der Waals surface area (Å²) in [5.41, 5.74) is 6.11. The number of ether oxygens (including phenoxy) is 2. The smallest absolute Gasteiger partial charge is 0.191 e. The second-order valence-corrected chi connectivity index (χ2v) is 7.06. The maximum atomic E-state index is 6.11. The van der Waals surface area contributed by atoms with Crippen LogP contribution in [0.1, 0.15) is 12.8 Å². The molecule has 25 heavy (non-hydrogen) atoms. The molecular formula is C16H28IN5O2S. The van der Waals surface area contributed by atoms with E-state index in [1.54, 1.807) is 11.3 Å². The maximum absolute atomic E-state index is 6.11. The fourth-order valence-electron chi connectivity index (χ4n) is 2.92. The van der Waals surface area contributed by atoms with Gasteiger partial charge in [0.15, 0.2) is 11.1 Å². The summed E-state index contributed by atoms with van der Waals surface area (Å²) in [5, 5.41) is 3.11. The van der Waals surface area contributed by atoms with Crippen molar-refractivity contribution in [3.8, 4) is 0 Å². The second kappa shape index (κ2) is 11.1. The number of thiazole rings is 1. The van der Waals surface area contributed by atoms with Crippen LogP contribution in [0.4, 0.5) is 5.13 Å². The molecule has 7 nitrogen and oxygen atoms in total. The molecule has 3 heterocycles. The van der Waals surface area contributed by atoms with Crippen molar-refractivity contribution in [2.45, 2.75) is 12.8 Å². The van der Waals surface area contributed by atoms with Crippen molar-refractivity contribution in [1.82, 2.24) is 9.88 Å². The lowest BCUT2D eigenvalue weighted by Gasteiger charge is -2.35. The minimum atomic E-state index is 0. The Hall–Kier alpha value is -0.650. The van der Waals surface area contributed by atoms with Crippen molar-refractivity contribution in [3.63, 3.8) is 0 Å². The summed E-state index contributed by atoms with van der Waals surface area (Å²) in [6.45, 7) is 7.66. The number of hydrogen-bond donors (Lipinski definition) is 1. The highest BCUT2D eigenvalue weighted by molar-refractivity contribution is 14.0. The topological polar surface area (TPSA) is 76.2 Å². The molecule has 0 amide bonds. The van der Waals surface area contributed by atoms with Crippen LogP contribution >= 0.6 is 35.3 Å². The van der Waals surface area contributed by atoms with Crippen LogP contribution < -0.4 is 10.6 Å². The first kappa shape index (κ1) is 20.7. The molecule has 3 rings (SSSR count). The molecule has 2 aliphatic rings. The zero-order valence-corrected chi connectivity index (χ0v) is 17.7. The van der Waals surface area contributed by atoms with Gasteiger partial charge < -0.3 is 25.0 Å². The van der Waals surface area contributed by atoms with Gasteiger partial charge in [-0.15, -0.1) is 35.3 Å². The Bertz CT molecular complexity index is 503. The van der Waals surface area contributed by atoms with E-state index in [0.29, 0.717) is 11.9 Å². The highest BCUT2D eigenvalue weighted by atomic mass is 127. The molecule has 9 heteroatoms. The van der Waals surface area contributed by atoms with Gasteiger partial charge in [-0.1, -0.05) is 0 Å². The molecule has 2 fully saturated rings. The summed E-state index contributed by atoms with van der Waals surface area (Å²) in [7, 11) is 0. The third-order valence-electron chi connectivity index (χ3n) is 4.39. The lowest BCUT2D eigenvalue weighted by atomic mass is 10.1. The lowest BCUT2D eigenvalue weighted by molar-refractivity contribution is 0.0893. The van der Waals surface area contributed by atoms with Crippen LogP contribution in [0.5, 0.6) is 0 Å². The predicted octanol–water partition coefficient (Wildman–Crippen LogP) is 1.64. The Morgan fingerprint density at radius 1 is 1.40 bits per heavy atom. The molecule has 0 saturated carbocycles. The number of hydrogen-bond acceptors (Lipinski definition) is 6. The normalized spacial score (nSPS) is 21.4. The summed E-state index contributed by atoms with van der Waals surface area (Å²) >= 11 is 1.68. The molecule has 0 aliphatic carbocycles. The van der Waals surface area contributed by atoms with E-state index in [1.807, 2.05) is 11.6 Å². The third kappa shape index (κ3) is 6.54. The molecule has 1 aromatic heterocycles. The van der Waals surface area contributed by atoms with Crippen molar-refractivity contribution < 1.29 is 9.47 Å². The van der Waals surface area contributed by atoms with Crippen LogP contribution in [0.3, 0.4) is 0 Å². The summed E-state index contributed by atoms with van der Waals surface area (Å²) in [6.07, 6.45) is 3.88. The van der Waals surface area contributed by atoms with Gasteiger partial charge in [0.25, 0.3) is 0 Å². The second-order valence-electron chi connectivity index (χ2n) is 6.19. The highest BCUT2D eigenvalue weighted by Gasteiger charge is 2.19. The molecule has 0 bridgehead atoms. The van der Waals surface area contributed by atoms with Gasteiger partial charge in [0.2, 0.25) is 0 Å². The number of nitrogens with zero attached hydrogens (tertiary/aromatic N) is 4. The lowest BCUT2D eigenvalue weighted by Crippen LogP contribution is -2.51. The first-order valence-corrected chi connectivity index (χ1v) is 9.55. The number of aliphatic imine (C=N–C) groups is 1. The van der Waals surface area contributed by atoms with Gasteiger partial charge in [0.05, 0.1) is 13.2 Å². The summed E-state index contributed by atoms with van der Waals surface area (Å²) < 4.78 is 11.0. The number of halogens is 1. The van der Waals surface area contributed by atoms with Gasteiger partial charge in [0.1, 0.15) is 0 Å². The quantitative estimate of drug-likeness (QED) is 0.276. The SMILES string of the molecule is I.NC(=NCCCOCC1CCOC1)N1CCN(c2nccs2)CC1. The molecule has 0 spiro atoms. The molecule has 2 aliphatic heterocycles. The predicted molar refractivity (Wildman–Crippen MR) is 112 cm³/mol. The van der Waals surface area contributed by atoms with Crippen molar-refractivity contribution in [1.29, 1.82) is 0 Å². The number of rotatable bonds is 7. The van der Waals surface area contributed by atoms with Gasteiger partial charge in [-0.05, 0) is 12.8 Å². The molecule has 2 saturated heterocycles. The van der Waals surface area contributed by atoms with Gasteiger partial charge in [-0.25, -0.2) is 4.98 Å². The van der Waals surface area contributed by atoms with E-state index in [-0.39, 0.29) is 24.0 Å². The van der Waals surface area contributed by atoms with Gasteiger partial charge in [-0.2, -0.15) is 0 Å². The van der Waals surface area contributed by atoms with Crippen LogP contribution in [0.25, 0.3) is 0 Å². The van der Waals surface area contributed by atoms with E-state index >= 15 is 0 Å². The average molecular weight is 481 g/mol. The van der Waals surface area contributed by atoms with Crippen molar-refractivity contribution in [2.24, 2.45) is 16.6 Å². The molecule has 2 N–H and O–H groups in total. The van der Waals surface area contributed by atoms with Crippen molar-refractivity contribution in [2.75, 3.05) is 64.1 Å². The molecule has 1 atom stereocenters. The maximum Gasteiger partial charge on any atom is 0.191 e. The number of aromatic nitrogens is 1. The van der Waals surface area contributed by atoms with Crippen LogP contribution in [0, 0.1) is 5.92 Å². The average Bonchev–Trinajstić information content (AvgIpc) is 3.31. The van der Waals surface area contributed by atoms with Gasteiger partial charge in [-0.3, -0.25) is 4.99 Å². The van der Waals surface area contributed by atoms with Crippen LogP contribution in [-0.4, -0.2) is 75.0 Å². The summed E-state index contributed by atoms with van der Waals surface area (Å²) in [6, 6.07) is 0. The minimum Gasteiger partial charge on any atom is -0.381 e. The molecular weight excluding hydrogens is 453 g/mol. The van der Waals surface area contributed by atoms with E-state index in [4.69, 9.17) is 15.2 Å². The monoisotopic (exact) mass is 481 g/mol. The Morgan fingerprint density at radius 2 is 2.24 bits per heavy atom. The molecule has 1 unspecified atom stereocenters. The zero-order valence-electron chi connectivity index (χ0n) is 14.5. The fraction of sp³-hybridized carbons (Fsp3) is 0.750. The van der Waals surface area contributed by atoms with Crippen LogP contribution in [0.15, 0.2) is 16.6 Å². The largest absolute Gasteiger partial charge is 0.381 e. The Balaban J connectivity index is 0.00000225. The Kier molecular flexibility index (Phi) is 9.21. The standard InChI is InChI=1S/C16H27N5O2S.HI/c17-15(18-3-1-9-22-12-14-2-10-23-13-14)20-5-7-21(8-6-20)16-19-4-11-24-16;/h4,11,14H,1-3,5-10,12-13H2,(H2,17,18);1H. The molecule has 142 valence electrons. The number of nitrogens with two attached hydrogens (primary N) is 1. The summed E-state index contributed by atoms with van der Waals surface area (Å²) in [5.74, 6) is 1.23. The highest BCUT2D eigenvalue weighted by Crippen LogP contribution is 2.18. The molecule has 0 radical (unpaired) electrons. The fourth-order valence-corrected chi connectivity index (χ4v) is 3.62. The Morgan fingerprint density at radius 3 is 2.92 bits per heavy atom. The molecule has 1 aromatic rings. The summed E-state index contributed by atoms with van der Waals surface area (Å²) in [4.78, 5) is 13.3. The zero-order chi connectivity index (χ0) is 16.6. The first-order chi connectivity index (χ1) is 11.8. The van der Waals surface area contributed by atoms with Crippen LogP contribution in [0.2, 0.25) is 0 Å². The molecule has 0 aromatic carbocycles. The third-order valence-corrected chi connectivity index (χ3v) is 5.22. The Labute approximate surface area is 170 Å². The van der Waals surface area contributed by atoms with Crippen LogP contribution in [-0.2, 0) is 9.47 Å². The minimum absolute atomic E-state index is 0. The van der Waals surface area contributed by atoms with E-state index < -0.39 is 0 Å². The number of guanidine groups is 1. The van der Waals surface area contributed by atoms with E-state index in [9.17, 15) is 0 Å². The van der Waals surface area contributed by atoms with Crippen molar-refractivity contribution >= 4 is 46.4 Å².